The predicted molar refractivity (Wildman–Crippen MR) is 90.0 cm³/mol. The second-order valence-electron chi connectivity index (χ2n) is 4.75. The van der Waals surface area contributed by atoms with Crippen LogP contribution in [0.3, 0.4) is 0 Å². The molecule has 0 saturated heterocycles. The minimum atomic E-state index is -4.36. The average molecular weight is 399 g/mol. The molecule has 0 unspecified atom stereocenters. The second-order valence-corrected chi connectivity index (χ2v) is 6.53. The number of rotatable bonds is 3. The van der Waals surface area contributed by atoms with Gasteiger partial charge in [-0.05, 0) is 30.3 Å². The Balaban J connectivity index is 1.82. The highest BCUT2D eigenvalue weighted by atomic mass is 79.9. The number of halogens is 4. The topological polar surface area (TPSA) is 24.9 Å². The molecule has 0 bridgehead atoms. The van der Waals surface area contributed by atoms with Gasteiger partial charge in [-0.25, -0.2) is 4.98 Å². The van der Waals surface area contributed by atoms with Crippen LogP contribution in [-0.2, 0) is 6.18 Å². The van der Waals surface area contributed by atoms with Crippen molar-refractivity contribution in [2.45, 2.75) is 6.18 Å². The number of nitrogens with one attached hydrogen (secondary N) is 1. The summed E-state index contributed by atoms with van der Waals surface area (Å²) in [6.07, 6.45) is -4.36. The lowest BCUT2D eigenvalue weighted by molar-refractivity contribution is -0.137. The number of thiazole rings is 1. The van der Waals surface area contributed by atoms with E-state index in [0.29, 0.717) is 10.8 Å². The van der Waals surface area contributed by atoms with E-state index in [9.17, 15) is 13.2 Å². The van der Waals surface area contributed by atoms with Crippen LogP contribution in [-0.4, -0.2) is 4.98 Å². The first-order valence-corrected chi connectivity index (χ1v) is 8.25. The number of anilines is 2. The molecule has 3 aromatic rings. The second kappa shape index (κ2) is 6.33. The Morgan fingerprint density at radius 1 is 1.04 bits per heavy atom. The molecule has 2 nitrogen and oxygen atoms in total. The summed E-state index contributed by atoms with van der Waals surface area (Å²) < 4.78 is 39.1. The van der Waals surface area contributed by atoms with Gasteiger partial charge in [-0.2, -0.15) is 13.2 Å². The van der Waals surface area contributed by atoms with Crippen molar-refractivity contribution < 1.29 is 13.2 Å². The van der Waals surface area contributed by atoms with Gasteiger partial charge in [0, 0.05) is 21.1 Å². The van der Waals surface area contributed by atoms with Gasteiger partial charge in [0.15, 0.2) is 5.13 Å². The molecule has 0 aliphatic carbocycles. The molecule has 3 rings (SSSR count). The zero-order valence-electron chi connectivity index (χ0n) is 11.6. The van der Waals surface area contributed by atoms with Crippen LogP contribution in [0.5, 0.6) is 0 Å². The number of nitrogens with zero attached hydrogens (tertiary/aromatic N) is 1. The maximum absolute atomic E-state index is 12.7. The maximum Gasteiger partial charge on any atom is 0.416 e. The van der Waals surface area contributed by atoms with E-state index in [-0.39, 0.29) is 0 Å². The summed E-state index contributed by atoms with van der Waals surface area (Å²) in [4.78, 5) is 4.41. The van der Waals surface area contributed by atoms with Crippen LogP contribution in [0.4, 0.5) is 24.0 Å². The van der Waals surface area contributed by atoms with Gasteiger partial charge in [0.2, 0.25) is 0 Å². The van der Waals surface area contributed by atoms with Crippen molar-refractivity contribution in [3.63, 3.8) is 0 Å². The molecule has 7 heteroatoms. The predicted octanol–water partition coefficient (Wildman–Crippen LogP) is 6.34. The number of alkyl halides is 3. The smallest absolute Gasteiger partial charge is 0.332 e. The molecule has 1 aromatic heterocycles. The zero-order chi connectivity index (χ0) is 16.4. The lowest BCUT2D eigenvalue weighted by atomic mass is 10.2. The van der Waals surface area contributed by atoms with E-state index >= 15 is 0 Å². The molecule has 0 aliphatic heterocycles. The Bertz CT molecular complexity index is 830. The van der Waals surface area contributed by atoms with Crippen molar-refractivity contribution in [1.82, 2.24) is 4.98 Å². The molecule has 0 saturated carbocycles. The molecule has 23 heavy (non-hydrogen) atoms. The van der Waals surface area contributed by atoms with Gasteiger partial charge in [-0.15, -0.1) is 11.3 Å². The fourth-order valence-electron chi connectivity index (χ4n) is 2.01. The summed E-state index contributed by atoms with van der Waals surface area (Å²) in [5, 5.41) is 5.32. The Kier molecular flexibility index (Phi) is 4.41. The van der Waals surface area contributed by atoms with Gasteiger partial charge in [0.25, 0.3) is 0 Å². The normalized spacial score (nSPS) is 11.5. The van der Waals surface area contributed by atoms with Crippen LogP contribution in [0.2, 0.25) is 0 Å². The number of hydrogen-bond donors (Lipinski definition) is 1. The molecule has 0 amide bonds. The molecule has 118 valence electrons. The molecule has 0 spiro atoms. The van der Waals surface area contributed by atoms with Crippen molar-refractivity contribution in [1.29, 1.82) is 0 Å². The highest BCUT2D eigenvalue weighted by molar-refractivity contribution is 9.10. The van der Waals surface area contributed by atoms with Gasteiger partial charge in [-0.1, -0.05) is 34.1 Å². The van der Waals surface area contributed by atoms with Crippen molar-refractivity contribution >= 4 is 38.1 Å². The largest absolute Gasteiger partial charge is 0.416 e. The van der Waals surface area contributed by atoms with E-state index in [0.717, 1.165) is 27.9 Å². The van der Waals surface area contributed by atoms with E-state index < -0.39 is 11.7 Å². The van der Waals surface area contributed by atoms with Gasteiger partial charge < -0.3 is 5.32 Å². The fraction of sp³-hybridized carbons (Fsp3) is 0.0625. The molecule has 0 aliphatic rings. The lowest BCUT2D eigenvalue weighted by Crippen LogP contribution is -2.05. The standard InChI is InChI=1S/C16H10BrF3N2S/c17-12-5-1-3-10(7-12)14-9-23-15(22-14)21-13-6-2-4-11(8-13)16(18,19)20/h1-9H,(H,21,22). The number of hydrogen-bond acceptors (Lipinski definition) is 3. The third kappa shape index (κ3) is 3.92. The molecule has 2 aromatic carbocycles. The van der Waals surface area contributed by atoms with Crippen LogP contribution in [0.15, 0.2) is 58.4 Å². The fourth-order valence-corrected chi connectivity index (χ4v) is 3.15. The Labute approximate surface area is 143 Å². The summed E-state index contributed by atoms with van der Waals surface area (Å²) in [6, 6.07) is 12.7. The summed E-state index contributed by atoms with van der Waals surface area (Å²) in [5.41, 5.74) is 1.37. The average Bonchev–Trinajstić information content (AvgIpc) is 2.95. The summed E-state index contributed by atoms with van der Waals surface area (Å²) in [7, 11) is 0. The first-order valence-electron chi connectivity index (χ1n) is 6.57. The van der Waals surface area contributed by atoms with Crippen molar-refractivity contribution in [3.05, 3.63) is 63.9 Å². The molecular formula is C16H10BrF3N2S. The van der Waals surface area contributed by atoms with E-state index in [1.807, 2.05) is 29.6 Å². The zero-order valence-corrected chi connectivity index (χ0v) is 14.0. The van der Waals surface area contributed by atoms with Crippen molar-refractivity contribution in [2.24, 2.45) is 0 Å². The molecule has 0 fully saturated rings. The highest BCUT2D eigenvalue weighted by Gasteiger charge is 2.30. The van der Waals surface area contributed by atoms with Crippen LogP contribution in [0.1, 0.15) is 5.56 Å². The number of benzene rings is 2. The first kappa shape index (κ1) is 16.0. The van der Waals surface area contributed by atoms with Gasteiger partial charge >= 0.3 is 6.18 Å². The SMILES string of the molecule is FC(F)(F)c1cccc(Nc2nc(-c3cccc(Br)c3)cs2)c1. The lowest BCUT2D eigenvalue weighted by Gasteiger charge is -2.08. The molecule has 0 atom stereocenters. The summed E-state index contributed by atoms with van der Waals surface area (Å²) in [5.74, 6) is 0. The minimum absolute atomic E-state index is 0.356. The third-order valence-corrected chi connectivity index (χ3v) is 4.32. The third-order valence-electron chi connectivity index (χ3n) is 3.07. The van der Waals surface area contributed by atoms with E-state index in [1.165, 1.54) is 17.4 Å². The Morgan fingerprint density at radius 2 is 1.83 bits per heavy atom. The summed E-state index contributed by atoms with van der Waals surface area (Å²) >= 11 is 4.74. The highest BCUT2D eigenvalue weighted by Crippen LogP contribution is 2.33. The quantitative estimate of drug-likeness (QED) is 0.556. The van der Waals surface area contributed by atoms with E-state index in [2.05, 4.69) is 26.2 Å². The van der Waals surface area contributed by atoms with Crippen molar-refractivity contribution in [3.8, 4) is 11.3 Å². The Hall–Kier alpha value is -1.86. The molecule has 1 heterocycles. The first-order chi connectivity index (χ1) is 10.9. The van der Waals surface area contributed by atoms with E-state index in [1.54, 1.807) is 6.07 Å². The Morgan fingerprint density at radius 3 is 2.57 bits per heavy atom. The van der Waals surface area contributed by atoms with Crippen LogP contribution < -0.4 is 5.32 Å². The molecule has 0 radical (unpaired) electrons. The monoisotopic (exact) mass is 398 g/mol. The summed E-state index contributed by atoms with van der Waals surface area (Å²) in [6.45, 7) is 0. The molecule has 1 N–H and O–H groups in total. The van der Waals surface area contributed by atoms with Gasteiger partial charge in [0.1, 0.15) is 0 Å². The van der Waals surface area contributed by atoms with Crippen LogP contribution >= 0.6 is 27.3 Å². The van der Waals surface area contributed by atoms with E-state index in [4.69, 9.17) is 0 Å². The van der Waals surface area contributed by atoms with Crippen molar-refractivity contribution in [2.75, 3.05) is 5.32 Å². The minimum Gasteiger partial charge on any atom is -0.332 e. The van der Waals surface area contributed by atoms with Crippen LogP contribution in [0.25, 0.3) is 11.3 Å². The number of aromatic nitrogens is 1. The maximum atomic E-state index is 12.7. The van der Waals surface area contributed by atoms with Gasteiger partial charge in [0.05, 0.1) is 11.3 Å². The van der Waals surface area contributed by atoms with Gasteiger partial charge in [-0.3, -0.25) is 0 Å². The van der Waals surface area contributed by atoms with Crippen LogP contribution in [0, 0.1) is 0 Å². The molecular weight excluding hydrogens is 389 g/mol.